The number of aliphatic imine (C=N–C) groups is 1. The lowest BCUT2D eigenvalue weighted by Crippen LogP contribution is -2.42. The van der Waals surface area contributed by atoms with Crippen LogP contribution in [0.5, 0.6) is 0 Å². The first-order valence-corrected chi connectivity index (χ1v) is 9.48. The summed E-state index contributed by atoms with van der Waals surface area (Å²) in [5, 5.41) is 3.43. The van der Waals surface area contributed by atoms with E-state index < -0.39 is 0 Å². The average molecular weight is 453 g/mol. The van der Waals surface area contributed by atoms with Gasteiger partial charge in [-0.2, -0.15) is 0 Å². The third kappa shape index (κ3) is 7.04. The highest BCUT2D eigenvalue weighted by molar-refractivity contribution is 14.0. The molecule has 0 radical (unpaired) electrons. The maximum atomic E-state index is 5.60. The van der Waals surface area contributed by atoms with E-state index in [0.717, 1.165) is 38.6 Å². The van der Waals surface area contributed by atoms with Crippen LogP contribution < -0.4 is 5.32 Å². The molecule has 0 aromatic rings. The molecule has 0 aromatic carbocycles. The van der Waals surface area contributed by atoms with Crippen molar-refractivity contribution in [2.24, 2.45) is 10.4 Å². The van der Waals surface area contributed by atoms with Crippen molar-refractivity contribution in [2.75, 3.05) is 52.6 Å². The summed E-state index contributed by atoms with van der Waals surface area (Å²) in [5.41, 5.74) is 0.614. The van der Waals surface area contributed by atoms with E-state index >= 15 is 0 Å². The topological polar surface area (TPSA) is 46.1 Å². The Labute approximate surface area is 165 Å². The second-order valence-corrected chi connectivity index (χ2v) is 6.84. The molecule has 0 amide bonds. The van der Waals surface area contributed by atoms with E-state index in [2.05, 4.69) is 24.1 Å². The van der Waals surface area contributed by atoms with Gasteiger partial charge in [-0.3, -0.25) is 4.99 Å². The van der Waals surface area contributed by atoms with E-state index in [0.29, 0.717) is 25.2 Å². The van der Waals surface area contributed by atoms with E-state index in [-0.39, 0.29) is 24.0 Å². The summed E-state index contributed by atoms with van der Waals surface area (Å²) in [6.45, 7) is 11.2. The van der Waals surface area contributed by atoms with Crippen LogP contribution in [0.25, 0.3) is 0 Å². The first-order chi connectivity index (χ1) is 11.3. The van der Waals surface area contributed by atoms with Gasteiger partial charge >= 0.3 is 0 Å². The molecule has 142 valence electrons. The number of unbranched alkanes of at least 4 members (excludes halogenated alkanes) is 1. The molecule has 1 heterocycles. The minimum Gasteiger partial charge on any atom is -0.379 e. The molecule has 1 aliphatic heterocycles. The monoisotopic (exact) mass is 453 g/mol. The molecule has 5 nitrogen and oxygen atoms in total. The van der Waals surface area contributed by atoms with E-state index in [1.165, 1.54) is 38.6 Å². The van der Waals surface area contributed by atoms with Crippen molar-refractivity contribution in [2.45, 2.75) is 52.4 Å². The third-order valence-corrected chi connectivity index (χ3v) is 5.00. The van der Waals surface area contributed by atoms with Gasteiger partial charge in [0, 0.05) is 26.2 Å². The summed E-state index contributed by atoms with van der Waals surface area (Å²) in [7, 11) is 0. The van der Waals surface area contributed by atoms with Crippen LogP contribution in [0.3, 0.4) is 0 Å². The van der Waals surface area contributed by atoms with Crippen molar-refractivity contribution in [1.29, 1.82) is 0 Å². The van der Waals surface area contributed by atoms with Crippen molar-refractivity contribution in [3.05, 3.63) is 0 Å². The highest BCUT2D eigenvalue weighted by Gasteiger charge is 2.43. The normalized spacial score (nSPS) is 19.2. The van der Waals surface area contributed by atoms with Crippen LogP contribution in [0.1, 0.15) is 52.4 Å². The largest absolute Gasteiger partial charge is 0.379 e. The Hall–Kier alpha value is -0.0800. The minimum atomic E-state index is 0. The molecule has 2 rings (SSSR count). The lowest BCUT2D eigenvalue weighted by molar-refractivity contribution is 0.0497. The van der Waals surface area contributed by atoms with Gasteiger partial charge in [0.25, 0.3) is 0 Å². The number of guanidine groups is 1. The molecule has 6 heteroatoms. The summed E-state index contributed by atoms with van der Waals surface area (Å²) >= 11 is 0. The fourth-order valence-corrected chi connectivity index (χ4v) is 3.41. The molecule has 1 saturated heterocycles. The van der Waals surface area contributed by atoms with Gasteiger partial charge in [0.05, 0.1) is 26.4 Å². The van der Waals surface area contributed by atoms with Gasteiger partial charge in [-0.25, -0.2) is 0 Å². The van der Waals surface area contributed by atoms with Crippen molar-refractivity contribution < 1.29 is 9.47 Å². The van der Waals surface area contributed by atoms with Gasteiger partial charge in [-0.1, -0.05) is 19.8 Å². The van der Waals surface area contributed by atoms with Crippen molar-refractivity contribution in [3.8, 4) is 0 Å². The van der Waals surface area contributed by atoms with E-state index in [9.17, 15) is 0 Å². The molecular weight excluding hydrogens is 417 g/mol. The van der Waals surface area contributed by atoms with Crippen LogP contribution in [0.15, 0.2) is 4.99 Å². The molecule has 0 bridgehead atoms. The van der Waals surface area contributed by atoms with Gasteiger partial charge in [0.1, 0.15) is 0 Å². The summed E-state index contributed by atoms with van der Waals surface area (Å²) in [4.78, 5) is 7.17. The van der Waals surface area contributed by atoms with Crippen molar-refractivity contribution in [3.63, 3.8) is 0 Å². The van der Waals surface area contributed by atoms with Gasteiger partial charge in [0.15, 0.2) is 5.96 Å². The predicted octanol–water partition coefficient (Wildman–Crippen LogP) is 3.28. The second kappa shape index (κ2) is 12.3. The van der Waals surface area contributed by atoms with E-state index in [1.54, 1.807) is 0 Å². The molecular formula is C18H36IN3O2. The van der Waals surface area contributed by atoms with Gasteiger partial charge < -0.3 is 19.7 Å². The van der Waals surface area contributed by atoms with Crippen LogP contribution in [-0.4, -0.2) is 63.5 Å². The van der Waals surface area contributed by atoms with Gasteiger partial charge in [-0.05, 0) is 38.0 Å². The Balaban J connectivity index is 0.00000288. The Morgan fingerprint density at radius 1 is 1.08 bits per heavy atom. The van der Waals surface area contributed by atoms with Crippen LogP contribution >= 0.6 is 24.0 Å². The van der Waals surface area contributed by atoms with Gasteiger partial charge in [0.2, 0.25) is 0 Å². The van der Waals surface area contributed by atoms with E-state index in [1.807, 2.05) is 0 Å². The Bertz CT molecular complexity index is 362. The van der Waals surface area contributed by atoms with E-state index in [4.69, 9.17) is 14.5 Å². The van der Waals surface area contributed by atoms with Gasteiger partial charge in [-0.15, -0.1) is 24.0 Å². The molecule has 0 atom stereocenters. The summed E-state index contributed by atoms with van der Waals surface area (Å²) in [5.74, 6) is 1.07. The Morgan fingerprint density at radius 2 is 1.83 bits per heavy atom. The number of nitrogens with zero attached hydrogens (tertiary/aromatic N) is 2. The quantitative estimate of drug-likeness (QED) is 0.239. The number of nitrogens with one attached hydrogen (secondary N) is 1. The number of halogens is 1. The molecule has 2 aliphatic rings. The number of hydrogen-bond acceptors (Lipinski definition) is 3. The fourth-order valence-electron chi connectivity index (χ4n) is 3.41. The number of hydrogen-bond donors (Lipinski definition) is 1. The standard InChI is InChI=1S/C18H35N3O2.HI/c1-3-5-12-22-14-15-23-13-10-20-17(19-4-2)21-11-9-18(16-21)7-6-8-18;/h3-16H2,1-2H3,(H,19,20);1H. The van der Waals surface area contributed by atoms with Crippen LogP contribution in [0, 0.1) is 5.41 Å². The number of ether oxygens (including phenoxy) is 2. The second-order valence-electron chi connectivity index (χ2n) is 6.84. The Morgan fingerprint density at radius 3 is 2.42 bits per heavy atom. The molecule has 1 saturated carbocycles. The minimum absolute atomic E-state index is 0. The van der Waals surface area contributed by atoms with Crippen LogP contribution in [0.2, 0.25) is 0 Å². The lowest BCUT2D eigenvalue weighted by Gasteiger charge is -2.38. The summed E-state index contributed by atoms with van der Waals surface area (Å²) in [6, 6.07) is 0. The van der Waals surface area contributed by atoms with Crippen LogP contribution in [0.4, 0.5) is 0 Å². The summed E-state index contributed by atoms with van der Waals surface area (Å²) in [6.07, 6.45) is 7.88. The zero-order chi connectivity index (χ0) is 16.4. The average Bonchev–Trinajstić information content (AvgIpc) is 2.98. The molecule has 1 aliphatic carbocycles. The van der Waals surface area contributed by atoms with Crippen molar-refractivity contribution in [1.82, 2.24) is 10.2 Å². The smallest absolute Gasteiger partial charge is 0.194 e. The molecule has 0 unspecified atom stereocenters. The molecule has 1 spiro atoms. The number of rotatable bonds is 10. The lowest BCUT2D eigenvalue weighted by atomic mass is 9.68. The highest BCUT2D eigenvalue weighted by atomic mass is 127. The zero-order valence-corrected chi connectivity index (χ0v) is 17.8. The van der Waals surface area contributed by atoms with Crippen LogP contribution in [-0.2, 0) is 9.47 Å². The maximum Gasteiger partial charge on any atom is 0.194 e. The highest BCUT2D eigenvalue weighted by Crippen LogP contribution is 2.47. The Kier molecular flexibility index (Phi) is 11.3. The third-order valence-electron chi connectivity index (χ3n) is 5.00. The number of likely N-dealkylation sites (tertiary alicyclic amines) is 1. The predicted molar refractivity (Wildman–Crippen MR) is 110 cm³/mol. The first-order valence-electron chi connectivity index (χ1n) is 9.48. The SMILES string of the molecule is CCCCOCCOCCN=C(NCC)N1CCC2(CCC2)C1.I. The fraction of sp³-hybridized carbons (Fsp3) is 0.944. The summed E-state index contributed by atoms with van der Waals surface area (Å²) < 4.78 is 11.1. The molecule has 24 heavy (non-hydrogen) atoms. The first kappa shape index (κ1) is 22.0. The maximum absolute atomic E-state index is 5.60. The molecule has 0 aromatic heterocycles. The molecule has 2 fully saturated rings. The zero-order valence-electron chi connectivity index (χ0n) is 15.5. The van der Waals surface area contributed by atoms with Crippen molar-refractivity contribution >= 4 is 29.9 Å². The molecule has 1 N–H and O–H groups in total.